The fourth-order valence-corrected chi connectivity index (χ4v) is 4.16. The van der Waals surface area contributed by atoms with Gasteiger partial charge in [0.1, 0.15) is 56.9 Å². The maximum absolute atomic E-state index is 13.9. The first kappa shape index (κ1) is 71.8. The van der Waals surface area contributed by atoms with Gasteiger partial charge in [-0.1, -0.05) is 0 Å². The molecule has 0 aliphatic carbocycles. The van der Waals surface area contributed by atoms with Crippen LogP contribution in [0.1, 0.15) is 0 Å². The molecule has 0 aliphatic heterocycles. The van der Waals surface area contributed by atoms with Crippen LogP contribution in [0.5, 0.6) is 0 Å². The summed E-state index contributed by atoms with van der Waals surface area (Å²) in [7, 11) is 0. The summed E-state index contributed by atoms with van der Waals surface area (Å²) >= 11 is 0. The van der Waals surface area contributed by atoms with Crippen LogP contribution in [-0.4, -0.2) is 247 Å². The average molecular weight is 1160 g/mol. The Morgan fingerprint density at radius 2 is 0.446 bits per heavy atom. The molecule has 5 atom stereocenters. The molecule has 0 rings (SSSR count). The first-order chi connectivity index (χ1) is 33.5. The molecule has 446 valence electrons. The SMILES string of the molecule is OCCOCC(O)COCC(O)COCC(F)(F)OC(F)(F)OC(F)(F)C(F)(F)OC(F)(F)COCC(O)COCC(F)(F)OC(F)(F)OC(F)(F)C(F)(F)OC(F)(F)COCC(O)COCC(O)COCCO. The van der Waals surface area contributed by atoms with Crippen molar-refractivity contribution in [3.8, 4) is 0 Å². The normalized spacial score (nSPS) is 16.4. The summed E-state index contributed by atoms with van der Waals surface area (Å²) in [5.41, 5.74) is 0. The Bertz CT molecular complexity index is 1520. The van der Waals surface area contributed by atoms with Crippen molar-refractivity contribution in [2.24, 2.45) is 0 Å². The molecule has 0 heterocycles. The number of hydrogen-bond acceptors (Lipinski definition) is 21. The number of halogens is 20. The maximum atomic E-state index is 13.9. The van der Waals surface area contributed by atoms with Gasteiger partial charge in [-0.05, 0) is 0 Å². The zero-order valence-electron chi connectivity index (χ0n) is 37.0. The van der Waals surface area contributed by atoms with Crippen molar-refractivity contribution in [1.29, 1.82) is 0 Å². The lowest BCUT2D eigenvalue weighted by atomic mass is 10.4. The van der Waals surface area contributed by atoms with Crippen molar-refractivity contribution in [2.75, 3.05) is 119 Å². The molecule has 0 aromatic carbocycles. The minimum atomic E-state index is -7.01. The molecule has 0 saturated heterocycles. The van der Waals surface area contributed by atoms with Crippen LogP contribution in [0.2, 0.25) is 0 Å². The van der Waals surface area contributed by atoms with Crippen LogP contribution >= 0.6 is 0 Å². The van der Waals surface area contributed by atoms with E-state index < -0.39 is 184 Å². The molecule has 21 nitrogen and oxygen atoms in total. The second-order valence-electron chi connectivity index (χ2n) is 14.2. The topological polar surface area (TPSA) is 271 Å². The van der Waals surface area contributed by atoms with Gasteiger partial charge in [0, 0.05) is 0 Å². The van der Waals surface area contributed by atoms with E-state index in [1.54, 1.807) is 0 Å². The molecule has 74 heavy (non-hydrogen) atoms. The number of aliphatic hydroxyl groups is 7. The third-order valence-corrected chi connectivity index (χ3v) is 6.92. The van der Waals surface area contributed by atoms with E-state index in [2.05, 4.69) is 47.4 Å². The Kier molecular flexibility index (Phi) is 30.4. The highest BCUT2D eigenvalue weighted by molar-refractivity contribution is 4.73. The fraction of sp³-hybridized carbons (Fsp3) is 1.00. The molecule has 41 heteroatoms. The van der Waals surface area contributed by atoms with E-state index in [-0.39, 0.29) is 26.4 Å². The summed E-state index contributed by atoms with van der Waals surface area (Å²) in [5.74, 6) is 0. The molecule has 0 aromatic rings. The Labute approximate surface area is 401 Å². The van der Waals surface area contributed by atoms with E-state index in [0.717, 1.165) is 0 Å². The Morgan fingerprint density at radius 1 is 0.257 bits per heavy atom. The molecule has 0 aromatic heterocycles. The van der Waals surface area contributed by atoms with Crippen molar-refractivity contribution >= 4 is 0 Å². The van der Waals surface area contributed by atoms with E-state index in [4.69, 9.17) is 29.2 Å². The van der Waals surface area contributed by atoms with E-state index in [0.29, 0.717) is 0 Å². The van der Waals surface area contributed by atoms with Crippen LogP contribution in [-0.2, 0) is 66.3 Å². The van der Waals surface area contributed by atoms with E-state index in [9.17, 15) is 113 Å². The predicted octanol–water partition coefficient (Wildman–Crippen LogP) is 1.85. The Hall–Kier alpha value is -2.24. The molecule has 0 radical (unpaired) electrons. The van der Waals surface area contributed by atoms with Gasteiger partial charge in [0.2, 0.25) is 0 Å². The third-order valence-electron chi connectivity index (χ3n) is 6.92. The minimum Gasteiger partial charge on any atom is -0.394 e. The van der Waals surface area contributed by atoms with Crippen LogP contribution in [0.15, 0.2) is 0 Å². The molecule has 0 spiro atoms. The lowest BCUT2D eigenvalue weighted by molar-refractivity contribution is -0.567. The van der Waals surface area contributed by atoms with Gasteiger partial charge in [-0.3, -0.25) is 0 Å². The van der Waals surface area contributed by atoms with Gasteiger partial charge in [-0.15, -0.1) is 17.6 Å². The zero-order chi connectivity index (χ0) is 57.5. The highest BCUT2D eigenvalue weighted by atomic mass is 19.4. The molecule has 5 unspecified atom stereocenters. The summed E-state index contributed by atoms with van der Waals surface area (Å²) in [6.07, 6.45) is -72.2. The number of alkyl halides is 20. The van der Waals surface area contributed by atoms with Crippen LogP contribution < -0.4 is 0 Å². The third kappa shape index (κ3) is 31.9. The van der Waals surface area contributed by atoms with Crippen molar-refractivity contribution in [3.63, 3.8) is 0 Å². The second-order valence-corrected chi connectivity index (χ2v) is 14.2. The Balaban J connectivity index is 4.98. The van der Waals surface area contributed by atoms with E-state index in [1.165, 1.54) is 0 Å². The molecule has 0 saturated carbocycles. The minimum absolute atomic E-state index is 0.170. The lowest BCUT2D eigenvalue weighted by Gasteiger charge is -2.32. The molecular formula is C33H48F20O21. The van der Waals surface area contributed by atoms with Crippen molar-refractivity contribution in [3.05, 3.63) is 0 Å². The quantitative estimate of drug-likeness (QED) is 0.0260. The summed E-state index contributed by atoms with van der Waals surface area (Å²) in [6, 6.07) is 0. The lowest BCUT2D eigenvalue weighted by Crippen LogP contribution is -2.54. The molecule has 0 amide bonds. The van der Waals surface area contributed by atoms with Gasteiger partial charge in [0.15, 0.2) is 0 Å². The van der Waals surface area contributed by atoms with E-state index in [1.807, 2.05) is 0 Å². The summed E-state index contributed by atoms with van der Waals surface area (Å²) in [4.78, 5) is 0. The number of rotatable bonds is 46. The van der Waals surface area contributed by atoms with Gasteiger partial charge < -0.3 is 73.6 Å². The first-order valence-electron chi connectivity index (χ1n) is 19.8. The molecule has 0 bridgehead atoms. The molecule has 7 N–H and O–H groups in total. The smallest absolute Gasteiger partial charge is 0.394 e. The number of ether oxygens (including phenoxy) is 14. The predicted molar refractivity (Wildman–Crippen MR) is 187 cm³/mol. The van der Waals surface area contributed by atoms with Crippen molar-refractivity contribution in [2.45, 2.75) is 92.0 Å². The van der Waals surface area contributed by atoms with Crippen LogP contribution in [0.4, 0.5) is 87.8 Å². The van der Waals surface area contributed by atoms with E-state index >= 15 is 0 Å². The Morgan fingerprint density at radius 3 is 0.676 bits per heavy atom. The first-order valence-corrected chi connectivity index (χ1v) is 19.8. The standard InChI is InChI=1S/C33H48F20O21/c34-24(35,15-65-11-21(58)9-63-7-19(56)5-61-3-1-54)69-28(42,43)30(46,47)74-33(52,53)72-27(40,41)18-68-14-23(60)13-66-16-25(36,37)70-29(44,45)31(48,49)73-32(50,51)71-26(38,39)17-67-12-22(59)10-64-8-20(57)6-62-4-2-55/h19-23,54-60H,1-18H2. The largest absolute Gasteiger partial charge is 0.495 e. The maximum Gasteiger partial charge on any atom is 0.495 e. The highest BCUT2D eigenvalue weighted by Gasteiger charge is 2.70. The van der Waals surface area contributed by atoms with Gasteiger partial charge in [0.25, 0.3) is 0 Å². The van der Waals surface area contributed by atoms with Gasteiger partial charge in [0.05, 0.1) is 92.5 Å². The van der Waals surface area contributed by atoms with Gasteiger partial charge in [-0.25, -0.2) is 28.4 Å². The number of hydrogen-bond donors (Lipinski definition) is 7. The molecule has 0 fully saturated rings. The summed E-state index contributed by atoms with van der Waals surface area (Å²) < 4.78 is 325. The zero-order valence-corrected chi connectivity index (χ0v) is 37.0. The average Bonchev–Trinajstić information content (AvgIpc) is 3.18. The molecular weight excluding hydrogens is 1110 g/mol. The van der Waals surface area contributed by atoms with Crippen LogP contribution in [0, 0.1) is 0 Å². The second kappa shape index (κ2) is 31.4. The van der Waals surface area contributed by atoms with Crippen LogP contribution in [0.25, 0.3) is 0 Å². The molecule has 0 aliphatic rings. The number of aliphatic hydroxyl groups excluding tert-OH is 7. The summed E-state index contributed by atoms with van der Waals surface area (Å²) in [6.45, 7) is -20.6. The highest BCUT2D eigenvalue weighted by Crippen LogP contribution is 2.46. The summed E-state index contributed by atoms with van der Waals surface area (Å²) in [5, 5.41) is 64.7. The van der Waals surface area contributed by atoms with Crippen LogP contribution in [0.3, 0.4) is 0 Å². The van der Waals surface area contributed by atoms with Gasteiger partial charge in [-0.2, -0.15) is 70.2 Å². The van der Waals surface area contributed by atoms with Gasteiger partial charge >= 0.3 is 61.5 Å². The van der Waals surface area contributed by atoms with Crippen molar-refractivity contribution < 1.29 is 190 Å². The van der Waals surface area contributed by atoms with Crippen molar-refractivity contribution in [1.82, 2.24) is 0 Å². The fourth-order valence-electron chi connectivity index (χ4n) is 4.16. The monoisotopic (exact) mass is 1160 g/mol.